The Labute approximate surface area is 191 Å². The zero-order valence-corrected chi connectivity index (χ0v) is 18.7. The molecular formula is C20H19Cl2F3N2O3S. The van der Waals surface area contributed by atoms with E-state index in [0.717, 1.165) is 22.6 Å². The van der Waals surface area contributed by atoms with E-state index in [9.17, 15) is 18.0 Å². The third-order valence-electron chi connectivity index (χ3n) is 4.54. The summed E-state index contributed by atoms with van der Waals surface area (Å²) in [7, 11) is 0. The quantitative estimate of drug-likeness (QED) is 0.522. The Hall–Kier alpha value is -1.68. The number of carbonyl (C=O) groups is 1. The van der Waals surface area contributed by atoms with E-state index >= 15 is 0 Å². The van der Waals surface area contributed by atoms with Crippen LogP contribution < -0.4 is 4.74 Å². The average molecular weight is 495 g/mol. The van der Waals surface area contributed by atoms with Gasteiger partial charge in [-0.25, -0.2) is 4.98 Å². The third kappa shape index (κ3) is 6.65. The minimum atomic E-state index is -4.45. The maximum atomic E-state index is 12.6. The molecule has 0 spiro atoms. The SMILES string of the molecule is Cc1cc(SCC(=O)N2CCOC(COc3ccc(C(F)(F)F)cn3)C2)c(Cl)cc1Cl. The smallest absolute Gasteiger partial charge is 0.417 e. The van der Waals surface area contributed by atoms with Gasteiger partial charge >= 0.3 is 6.18 Å². The molecule has 1 fully saturated rings. The minimum Gasteiger partial charge on any atom is -0.475 e. The van der Waals surface area contributed by atoms with Crippen molar-refractivity contribution < 1.29 is 27.4 Å². The Morgan fingerprint density at radius 1 is 1.32 bits per heavy atom. The van der Waals surface area contributed by atoms with Crippen molar-refractivity contribution in [2.45, 2.75) is 24.1 Å². The predicted octanol–water partition coefficient (Wildman–Crippen LogP) is 5.11. The van der Waals surface area contributed by atoms with Gasteiger partial charge in [0.1, 0.15) is 12.7 Å². The maximum Gasteiger partial charge on any atom is 0.417 e. The van der Waals surface area contributed by atoms with E-state index in [2.05, 4.69) is 4.98 Å². The highest BCUT2D eigenvalue weighted by Gasteiger charge is 2.31. The van der Waals surface area contributed by atoms with Crippen molar-refractivity contribution in [3.63, 3.8) is 0 Å². The van der Waals surface area contributed by atoms with Crippen LogP contribution in [0.3, 0.4) is 0 Å². The first-order valence-corrected chi connectivity index (χ1v) is 11.0. The minimum absolute atomic E-state index is 0.0587. The van der Waals surface area contributed by atoms with E-state index in [1.165, 1.54) is 11.8 Å². The summed E-state index contributed by atoms with van der Waals surface area (Å²) >= 11 is 13.6. The van der Waals surface area contributed by atoms with Crippen LogP contribution in [0.25, 0.3) is 0 Å². The summed E-state index contributed by atoms with van der Waals surface area (Å²) in [6.45, 7) is 3.03. The lowest BCUT2D eigenvalue weighted by Crippen LogP contribution is -2.48. The molecule has 0 bridgehead atoms. The lowest BCUT2D eigenvalue weighted by atomic mass is 10.2. The topological polar surface area (TPSA) is 51.7 Å². The molecule has 11 heteroatoms. The molecule has 168 valence electrons. The number of halogens is 5. The van der Waals surface area contributed by atoms with Crippen molar-refractivity contribution in [2.75, 3.05) is 32.1 Å². The zero-order valence-electron chi connectivity index (χ0n) is 16.4. The number of aromatic nitrogens is 1. The molecule has 1 aromatic heterocycles. The Kier molecular flexibility index (Phi) is 7.96. The summed E-state index contributed by atoms with van der Waals surface area (Å²) in [5.74, 6) is 0.187. The molecule has 0 radical (unpaired) electrons. The van der Waals surface area contributed by atoms with Crippen LogP contribution in [0.2, 0.25) is 10.0 Å². The molecule has 1 unspecified atom stereocenters. The normalized spacial score (nSPS) is 17.0. The van der Waals surface area contributed by atoms with E-state index in [4.69, 9.17) is 32.7 Å². The average Bonchev–Trinajstić information content (AvgIpc) is 2.73. The Balaban J connectivity index is 1.49. The van der Waals surface area contributed by atoms with E-state index in [1.807, 2.05) is 13.0 Å². The number of aryl methyl sites for hydroxylation is 1. The molecular weight excluding hydrogens is 476 g/mol. The van der Waals surface area contributed by atoms with Crippen molar-refractivity contribution in [3.8, 4) is 5.88 Å². The molecule has 0 N–H and O–H groups in total. The molecule has 3 rings (SSSR count). The van der Waals surface area contributed by atoms with Crippen LogP contribution in [-0.2, 0) is 15.7 Å². The molecule has 1 saturated heterocycles. The second-order valence-electron chi connectivity index (χ2n) is 6.85. The molecule has 1 atom stereocenters. The van der Waals surface area contributed by atoms with Gasteiger partial charge in [-0.1, -0.05) is 23.2 Å². The highest BCUT2D eigenvalue weighted by atomic mass is 35.5. The number of ether oxygens (including phenoxy) is 2. The molecule has 1 amide bonds. The number of hydrogen-bond donors (Lipinski definition) is 0. The molecule has 1 aromatic carbocycles. The number of carbonyl (C=O) groups excluding carboxylic acids is 1. The first kappa shape index (κ1) is 24.0. The lowest BCUT2D eigenvalue weighted by Gasteiger charge is -2.32. The van der Waals surface area contributed by atoms with Gasteiger partial charge in [-0.3, -0.25) is 4.79 Å². The van der Waals surface area contributed by atoms with Crippen molar-refractivity contribution in [3.05, 3.63) is 51.6 Å². The molecule has 1 aliphatic rings. The molecule has 5 nitrogen and oxygen atoms in total. The number of morpholine rings is 1. The van der Waals surface area contributed by atoms with Crippen LogP contribution in [-0.4, -0.2) is 54.0 Å². The molecule has 2 aromatic rings. The Morgan fingerprint density at radius 2 is 2.10 bits per heavy atom. The van der Waals surface area contributed by atoms with Gasteiger partial charge in [0.05, 0.1) is 29.5 Å². The van der Waals surface area contributed by atoms with Gasteiger partial charge in [0.25, 0.3) is 0 Å². The van der Waals surface area contributed by atoms with Crippen molar-refractivity contribution >= 4 is 40.9 Å². The zero-order chi connectivity index (χ0) is 22.6. The van der Waals surface area contributed by atoms with Crippen LogP contribution in [0.5, 0.6) is 5.88 Å². The van der Waals surface area contributed by atoms with Gasteiger partial charge in [-0.05, 0) is 30.7 Å². The van der Waals surface area contributed by atoms with Crippen molar-refractivity contribution in [1.29, 1.82) is 0 Å². The number of alkyl halides is 3. The highest BCUT2D eigenvalue weighted by Crippen LogP contribution is 2.32. The number of pyridine rings is 1. The Bertz CT molecular complexity index is 929. The fraction of sp³-hybridized carbons (Fsp3) is 0.400. The van der Waals surface area contributed by atoms with Crippen LogP contribution in [0.1, 0.15) is 11.1 Å². The highest BCUT2D eigenvalue weighted by molar-refractivity contribution is 8.00. The fourth-order valence-electron chi connectivity index (χ4n) is 2.83. The lowest BCUT2D eigenvalue weighted by molar-refractivity contribution is -0.138. The predicted molar refractivity (Wildman–Crippen MR) is 113 cm³/mol. The van der Waals surface area contributed by atoms with Crippen LogP contribution >= 0.6 is 35.0 Å². The summed E-state index contributed by atoms with van der Waals surface area (Å²) in [5.41, 5.74) is 0.0282. The number of thioether (sulfide) groups is 1. The van der Waals surface area contributed by atoms with Crippen LogP contribution in [0, 0.1) is 6.92 Å². The number of benzene rings is 1. The van der Waals surface area contributed by atoms with Crippen molar-refractivity contribution in [2.24, 2.45) is 0 Å². The first-order valence-electron chi connectivity index (χ1n) is 9.27. The van der Waals surface area contributed by atoms with Gasteiger partial charge in [-0.2, -0.15) is 13.2 Å². The number of nitrogens with zero attached hydrogens (tertiary/aromatic N) is 2. The molecule has 31 heavy (non-hydrogen) atoms. The summed E-state index contributed by atoms with van der Waals surface area (Å²) < 4.78 is 48.8. The van der Waals surface area contributed by atoms with E-state index < -0.39 is 17.8 Å². The summed E-state index contributed by atoms with van der Waals surface area (Å²) in [6, 6.07) is 5.56. The van der Waals surface area contributed by atoms with Gasteiger partial charge in [-0.15, -0.1) is 11.8 Å². The number of rotatable bonds is 6. The Morgan fingerprint density at radius 3 is 2.77 bits per heavy atom. The van der Waals surface area contributed by atoms with Crippen LogP contribution in [0.15, 0.2) is 35.4 Å². The van der Waals surface area contributed by atoms with E-state index in [0.29, 0.717) is 35.9 Å². The standard InChI is InChI=1S/C20H19Cl2F3N2O3S/c1-12-6-17(16(22)7-15(12)21)31-11-19(28)27-4-5-29-14(9-27)10-30-18-3-2-13(8-26-18)20(23,24)25/h2-3,6-8,14H,4-5,9-11H2,1H3. The third-order valence-corrected chi connectivity index (χ3v) is 6.41. The monoisotopic (exact) mass is 494 g/mol. The van der Waals surface area contributed by atoms with Gasteiger partial charge in [0.2, 0.25) is 11.8 Å². The van der Waals surface area contributed by atoms with E-state index in [1.54, 1.807) is 11.0 Å². The summed E-state index contributed by atoms with van der Waals surface area (Å²) in [4.78, 5) is 18.7. The molecule has 2 heterocycles. The summed E-state index contributed by atoms with van der Waals surface area (Å²) in [6.07, 6.45) is -4.15. The first-order chi connectivity index (χ1) is 14.6. The van der Waals surface area contributed by atoms with Gasteiger partial charge in [0.15, 0.2) is 0 Å². The molecule has 0 saturated carbocycles. The molecule has 0 aliphatic carbocycles. The van der Waals surface area contributed by atoms with Crippen molar-refractivity contribution in [1.82, 2.24) is 9.88 Å². The second-order valence-corrected chi connectivity index (χ2v) is 8.68. The maximum absolute atomic E-state index is 12.6. The van der Waals surface area contributed by atoms with E-state index in [-0.39, 0.29) is 24.1 Å². The second kappa shape index (κ2) is 10.3. The van der Waals surface area contributed by atoms with Gasteiger partial charge < -0.3 is 14.4 Å². The largest absolute Gasteiger partial charge is 0.475 e. The summed E-state index contributed by atoms with van der Waals surface area (Å²) in [5, 5.41) is 1.06. The van der Waals surface area contributed by atoms with Gasteiger partial charge in [0, 0.05) is 28.7 Å². The number of hydrogen-bond acceptors (Lipinski definition) is 5. The van der Waals surface area contributed by atoms with Crippen LogP contribution in [0.4, 0.5) is 13.2 Å². The number of amides is 1. The fourth-order valence-corrected chi connectivity index (χ4v) is 4.30. The molecule has 1 aliphatic heterocycles.